The zero-order chi connectivity index (χ0) is 40.8. The number of aliphatic hydroxyl groups excluding tert-OH is 3. The molecule has 5 heteroatoms. The second kappa shape index (κ2) is 46.5. The molecule has 0 aliphatic heterocycles. The van der Waals surface area contributed by atoms with Gasteiger partial charge in [0.2, 0.25) is 5.91 Å². The molecule has 0 aliphatic rings. The van der Waals surface area contributed by atoms with Gasteiger partial charge in [0.25, 0.3) is 0 Å². The summed E-state index contributed by atoms with van der Waals surface area (Å²) in [5.74, 6) is -0.508. The van der Waals surface area contributed by atoms with Crippen LogP contribution in [0.2, 0.25) is 0 Å². The van der Waals surface area contributed by atoms with Crippen molar-refractivity contribution in [3.63, 3.8) is 0 Å². The van der Waals surface area contributed by atoms with Crippen molar-refractivity contribution >= 4 is 5.91 Å². The lowest BCUT2D eigenvalue weighted by molar-refractivity contribution is -0.131. The molecule has 0 aromatic heterocycles. The van der Waals surface area contributed by atoms with E-state index in [0.717, 1.165) is 38.5 Å². The topological polar surface area (TPSA) is 89.8 Å². The van der Waals surface area contributed by atoms with E-state index in [1.54, 1.807) is 6.08 Å². The molecule has 0 radical (unpaired) electrons. The minimum atomic E-state index is -1.10. The van der Waals surface area contributed by atoms with Gasteiger partial charge in [-0.15, -0.1) is 0 Å². The average Bonchev–Trinajstić information content (AvgIpc) is 3.20. The molecule has 0 saturated heterocycles. The highest BCUT2D eigenvalue weighted by Gasteiger charge is 2.22. The Morgan fingerprint density at radius 3 is 1.09 bits per heavy atom. The quantitative estimate of drug-likeness (QED) is 0.0365. The molecule has 0 spiro atoms. The van der Waals surface area contributed by atoms with Gasteiger partial charge in [-0.05, 0) is 32.1 Å². The van der Waals surface area contributed by atoms with Crippen molar-refractivity contribution in [2.24, 2.45) is 0 Å². The normalized spacial score (nSPS) is 13.6. The van der Waals surface area contributed by atoms with E-state index in [4.69, 9.17) is 0 Å². The van der Waals surface area contributed by atoms with Gasteiger partial charge in [-0.3, -0.25) is 4.79 Å². The zero-order valence-electron chi connectivity index (χ0n) is 37.8. The molecule has 5 nitrogen and oxygen atoms in total. The molecule has 0 aromatic carbocycles. The summed E-state index contributed by atoms with van der Waals surface area (Å²) in [6.07, 6.45) is 58.1. The van der Waals surface area contributed by atoms with Gasteiger partial charge >= 0.3 is 0 Å². The third-order valence-corrected chi connectivity index (χ3v) is 11.8. The lowest BCUT2D eigenvalue weighted by Crippen LogP contribution is -2.48. The van der Waals surface area contributed by atoms with E-state index < -0.39 is 24.2 Å². The van der Waals surface area contributed by atoms with Gasteiger partial charge in [-0.2, -0.15) is 0 Å². The molecule has 0 bridgehead atoms. The monoisotopic (exact) mass is 790 g/mol. The van der Waals surface area contributed by atoms with Crippen LogP contribution in [-0.4, -0.2) is 46.1 Å². The first-order valence-corrected chi connectivity index (χ1v) is 25.2. The van der Waals surface area contributed by atoms with Crippen molar-refractivity contribution in [3.8, 4) is 0 Å². The lowest BCUT2D eigenvalue weighted by atomic mass is 10.0. The molecule has 4 N–H and O–H groups in total. The van der Waals surface area contributed by atoms with Gasteiger partial charge < -0.3 is 20.6 Å². The van der Waals surface area contributed by atoms with Crippen LogP contribution in [0.4, 0.5) is 0 Å². The first kappa shape index (κ1) is 54.8. The van der Waals surface area contributed by atoms with Crippen LogP contribution in [0.5, 0.6) is 0 Å². The fourth-order valence-corrected chi connectivity index (χ4v) is 7.85. The highest BCUT2D eigenvalue weighted by molar-refractivity contribution is 5.80. The number of amides is 1. The number of allylic oxidation sites excluding steroid dienone is 3. The Morgan fingerprint density at radius 1 is 0.429 bits per heavy atom. The van der Waals surface area contributed by atoms with Crippen LogP contribution in [0.15, 0.2) is 24.3 Å². The first-order valence-electron chi connectivity index (χ1n) is 25.2. The number of aliphatic hydroxyl groups is 3. The number of unbranched alkanes of at least 4 members (excludes halogenated alkanes) is 36. The Hall–Kier alpha value is -1.17. The predicted molar refractivity (Wildman–Crippen MR) is 245 cm³/mol. The van der Waals surface area contributed by atoms with Gasteiger partial charge in [-0.25, -0.2) is 0 Å². The maximum absolute atomic E-state index is 12.5. The molecule has 0 heterocycles. The molecule has 0 aromatic rings. The fraction of sp³-hybridized carbons (Fsp3) is 0.902. The van der Waals surface area contributed by atoms with Gasteiger partial charge in [-0.1, -0.05) is 263 Å². The van der Waals surface area contributed by atoms with Crippen LogP contribution in [0.3, 0.4) is 0 Å². The Morgan fingerprint density at radius 2 is 0.732 bits per heavy atom. The molecule has 0 fully saturated rings. The third kappa shape index (κ3) is 41.0. The van der Waals surface area contributed by atoms with E-state index >= 15 is 0 Å². The summed E-state index contributed by atoms with van der Waals surface area (Å²) in [7, 11) is 0. The van der Waals surface area contributed by atoms with Crippen LogP contribution in [-0.2, 0) is 4.79 Å². The standard InChI is InChI=1S/C51H99NO4/c1-3-5-7-9-11-13-15-17-19-21-23-24-25-26-27-28-30-32-34-36-38-40-42-44-46-50(55)51(56)52-48(47-53)49(54)45-43-41-39-37-35-33-31-29-22-20-18-16-14-12-10-8-6-4-2/h35,37,43,45,48-50,53-55H,3-34,36,38-42,44,46-47H2,1-2H3,(H,52,56)/b37-35+,45-43+. The number of hydrogen-bond acceptors (Lipinski definition) is 4. The second-order valence-corrected chi connectivity index (χ2v) is 17.4. The van der Waals surface area contributed by atoms with Gasteiger partial charge in [0.15, 0.2) is 0 Å². The highest BCUT2D eigenvalue weighted by atomic mass is 16.3. The number of carbonyl (C=O) groups excluding carboxylic acids is 1. The van der Waals surface area contributed by atoms with E-state index in [9.17, 15) is 20.1 Å². The zero-order valence-corrected chi connectivity index (χ0v) is 37.8. The van der Waals surface area contributed by atoms with Crippen LogP contribution in [0.1, 0.15) is 271 Å². The van der Waals surface area contributed by atoms with Crippen molar-refractivity contribution in [3.05, 3.63) is 24.3 Å². The second-order valence-electron chi connectivity index (χ2n) is 17.4. The molecule has 3 unspecified atom stereocenters. The molecular weight excluding hydrogens is 691 g/mol. The van der Waals surface area contributed by atoms with Crippen molar-refractivity contribution in [1.82, 2.24) is 5.32 Å². The molecule has 332 valence electrons. The van der Waals surface area contributed by atoms with Gasteiger partial charge in [0, 0.05) is 0 Å². The predicted octanol–water partition coefficient (Wildman–Crippen LogP) is 14.9. The van der Waals surface area contributed by atoms with E-state index in [0.29, 0.717) is 6.42 Å². The Labute approximate surface area is 350 Å². The minimum absolute atomic E-state index is 0.373. The van der Waals surface area contributed by atoms with Crippen molar-refractivity contribution in [2.45, 2.75) is 289 Å². The minimum Gasteiger partial charge on any atom is -0.394 e. The summed E-state index contributed by atoms with van der Waals surface area (Å²) in [6.45, 7) is 4.20. The van der Waals surface area contributed by atoms with Crippen molar-refractivity contribution in [2.75, 3.05) is 6.61 Å². The van der Waals surface area contributed by atoms with Gasteiger partial charge in [0.05, 0.1) is 18.8 Å². The summed E-state index contributed by atoms with van der Waals surface area (Å²) in [6, 6.07) is -0.811. The maximum atomic E-state index is 12.5. The summed E-state index contributed by atoms with van der Waals surface area (Å²) in [5.41, 5.74) is 0. The van der Waals surface area contributed by atoms with Crippen LogP contribution < -0.4 is 5.32 Å². The summed E-state index contributed by atoms with van der Waals surface area (Å²) < 4.78 is 0. The van der Waals surface area contributed by atoms with E-state index in [1.807, 2.05) is 6.08 Å². The van der Waals surface area contributed by atoms with E-state index in [-0.39, 0.29) is 6.61 Å². The van der Waals surface area contributed by atoms with Crippen LogP contribution >= 0.6 is 0 Å². The molecule has 3 atom stereocenters. The smallest absolute Gasteiger partial charge is 0.249 e. The first-order chi connectivity index (χ1) is 27.6. The number of hydrogen-bond donors (Lipinski definition) is 4. The Kier molecular flexibility index (Phi) is 45.5. The molecule has 0 saturated carbocycles. The third-order valence-electron chi connectivity index (χ3n) is 11.8. The Bertz CT molecular complexity index is 829. The molecular formula is C51H99NO4. The SMILES string of the molecule is CCCCCCCCCCCCCC/C=C/CC/C=C/C(O)C(CO)NC(=O)C(O)CCCCCCCCCCCCCCCCCCCCCCCCCC. The summed E-state index contributed by atoms with van der Waals surface area (Å²) >= 11 is 0. The van der Waals surface area contributed by atoms with Crippen molar-refractivity contribution in [1.29, 1.82) is 0 Å². The molecule has 0 rings (SSSR count). The lowest BCUT2D eigenvalue weighted by Gasteiger charge is -2.21. The molecule has 56 heavy (non-hydrogen) atoms. The highest BCUT2D eigenvalue weighted by Crippen LogP contribution is 2.17. The summed E-state index contributed by atoms with van der Waals surface area (Å²) in [5, 5.41) is 33.2. The number of carbonyl (C=O) groups is 1. The van der Waals surface area contributed by atoms with Crippen molar-refractivity contribution < 1.29 is 20.1 Å². The number of nitrogens with one attached hydrogen (secondary N) is 1. The van der Waals surface area contributed by atoms with Gasteiger partial charge in [0.1, 0.15) is 6.10 Å². The van der Waals surface area contributed by atoms with Crippen LogP contribution in [0.25, 0.3) is 0 Å². The summed E-state index contributed by atoms with van der Waals surface area (Å²) in [4.78, 5) is 12.5. The molecule has 0 aliphatic carbocycles. The fourth-order valence-electron chi connectivity index (χ4n) is 7.85. The maximum Gasteiger partial charge on any atom is 0.249 e. The number of rotatable bonds is 46. The van der Waals surface area contributed by atoms with E-state index in [1.165, 1.54) is 212 Å². The average molecular weight is 790 g/mol. The van der Waals surface area contributed by atoms with E-state index in [2.05, 4.69) is 31.3 Å². The molecule has 1 amide bonds. The Balaban J connectivity index is 3.61. The van der Waals surface area contributed by atoms with Crippen LogP contribution in [0, 0.1) is 0 Å². The largest absolute Gasteiger partial charge is 0.394 e.